The van der Waals surface area contributed by atoms with Crippen molar-refractivity contribution >= 4 is 5.69 Å². The van der Waals surface area contributed by atoms with E-state index in [0.717, 1.165) is 30.7 Å². The summed E-state index contributed by atoms with van der Waals surface area (Å²) in [5.41, 5.74) is 1.94. The van der Waals surface area contributed by atoms with Crippen molar-refractivity contribution in [1.82, 2.24) is 30.5 Å². The van der Waals surface area contributed by atoms with Gasteiger partial charge in [-0.05, 0) is 49.1 Å². The van der Waals surface area contributed by atoms with Crippen LogP contribution in [0.2, 0.25) is 0 Å². The van der Waals surface area contributed by atoms with Crippen LogP contribution in [0, 0.1) is 5.92 Å². The highest BCUT2D eigenvalue weighted by Gasteiger charge is 2.29. The molecule has 0 amide bonds. The smallest absolute Gasteiger partial charge is 0.222 e. The van der Waals surface area contributed by atoms with Crippen molar-refractivity contribution in [3.8, 4) is 11.5 Å². The Hall–Kier alpha value is -2.02. The number of likely N-dealkylation sites (tertiary alicyclic amines) is 1. The van der Waals surface area contributed by atoms with E-state index in [1.807, 2.05) is 12.3 Å². The van der Waals surface area contributed by atoms with Gasteiger partial charge in [-0.2, -0.15) is 5.21 Å². The lowest BCUT2D eigenvalue weighted by molar-refractivity contribution is 0.202. The Labute approximate surface area is 136 Å². The van der Waals surface area contributed by atoms with Crippen LogP contribution in [-0.2, 0) is 0 Å². The SMILES string of the molecule is CC1CCN(C2CCN(c3ccc(-c4nn[nH]n4)nc3)CC2)C1. The fourth-order valence-corrected chi connectivity index (χ4v) is 3.77. The first-order chi connectivity index (χ1) is 11.3. The number of rotatable bonds is 3. The average Bonchev–Trinajstić information content (AvgIpc) is 3.27. The third kappa shape index (κ3) is 3.06. The van der Waals surface area contributed by atoms with E-state index in [1.54, 1.807) is 0 Å². The molecule has 0 aromatic carbocycles. The molecule has 122 valence electrons. The van der Waals surface area contributed by atoms with E-state index in [2.05, 4.69) is 48.4 Å². The molecule has 2 aliphatic rings. The molecule has 0 aliphatic carbocycles. The molecule has 1 atom stereocenters. The number of H-pyrrole nitrogens is 1. The molecule has 4 heterocycles. The van der Waals surface area contributed by atoms with Gasteiger partial charge in [-0.15, -0.1) is 10.2 Å². The zero-order valence-corrected chi connectivity index (χ0v) is 13.5. The lowest BCUT2D eigenvalue weighted by atomic mass is 10.0. The zero-order chi connectivity index (χ0) is 15.6. The second-order valence-electron chi connectivity index (χ2n) is 6.74. The maximum absolute atomic E-state index is 4.47. The number of hydrogen-bond donors (Lipinski definition) is 1. The van der Waals surface area contributed by atoms with Crippen LogP contribution >= 0.6 is 0 Å². The summed E-state index contributed by atoms with van der Waals surface area (Å²) < 4.78 is 0. The summed E-state index contributed by atoms with van der Waals surface area (Å²) in [6, 6.07) is 4.84. The van der Waals surface area contributed by atoms with Gasteiger partial charge in [0.05, 0.1) is 11.9 Å². The third-order valence-electron chi connectivity index (χ3n) is 5.12. The number of aromatic amines is 1. The van der Waals surface area contributed by atoms with Crippen LogP contribution < -0.4 is 4.90 Å². The summed E-state index contributed by atoms with van der Waals surface area (Å²) >= 11 is 0. The molecule has 4 rings (SSSR count). The molecular weight excluding hydrogens is 290 g/mol. The van der Waals surface area contributed by atoms with Crippen molar-refractivity contribution in [3.05, 3.63) is 18.3 Å². The number of anilines is 1. The molecule has 2 aromatic heterocycles. The molecule has 2 aliphatic heterocycles. The van der Waals surface area contributed by atoms with E-state index in [0.29, 0.717) is 5.82 Å². The maximum Gasteiger partial charge on any atom is 0.222 e. The first-order valence-electron chi connectivity index (χ1n) is 8.48. The Morgan fingerprint density at radius 3 is 2.61 bits per heavy atom. The first-order valence-corrected chi connectivity index (χ1v) is 8.48. The number of tetrazole rings is 1. The van der Waals surface area contributed by atoms with Crippen molar-refractivity contribution < 1.29 is 0 Å². The topological polar surface area (TPSA) is 73.8 Å². The summed E-state index contributed by atoms with van der Waals surface area (Å²) in [6.07, 6.45) is 5.78. The standard InChI is InChI=1S/C16H23N7/c1-12-4-7-23(11-12)13-5-8-22(9-6-13)14-2-3-15(17-10-14)16-18-20-21-19-16/h2-3,10,12-13H,4-9,11H2,1H3,(H,18,19,20,21). The number of aromatic nitrogens is 5. The fraction of sp³-hybridized carbons (Fsp3) is 0.625. The van der Waals surface area contributed by atoms with Crippen molar-refractivity contribution in [3.63, 3.8) is 0 Å². The zero-order valence-electron chi connectivity index (χ0n) is 13.5. The van der Waals surface area contributed by atoms with Crippen LogP contribution in [0.4, 0.5) is 5.69 Å². The van der Waals surface area contributed by atoms with E-state index in [1.165, 1.54) is 38.0 Å². The molecule has 1 unspecified atom stereocenters. The van der Waals surface area contributed by atoms with E-state index in [9.17, 15) is 0 Å². The summed E-state index contributed by atoms with van der Waals surface area (Å²) in [4.78, 5) is 9.59. The van der Waals surface area contributed by atoms with Gasteiger partial charge >= 0.3 is 0 Å². The molecule has 2 saturated heterocycles. The van der Waals surface area contributed by atoms with Gasteiger partial charge in [-0.3, -0.25) is 9.88 Å². The van der Waals surface area contributed by atoms with Crippen LogP contribution in [0.5, 0.6) is 0 Å². The molecule has 0 saturated carbocycles. The number of pyridine rings is 1. The van der Waals surface area contributed by atoms with Gasteiger partial charge in [-0.1, -0.05) is 6.92 Å². The van der Waals surface area contributed by atoms with Crippen LogP contribution in [0.25, 0.3) is 11.5 Å². The van der Waals surface area contributed by atoms with Gasteiger partial charge < -0.3 is 4.90 Å². The minimum atomic E-state index is 0.540. The molecule has 1 N–H and O–H groups in total. The largest absolute Gasteiger partial charge is 0.370 e. The number of nitrogens with one attached hydrogen (secondary N) is 1. The van der Waals surface area contributed by atoms with E-state index in [4.69, 9.17) is 0 Å². The van der Waals surface area contributed by atoms with E-state index < -0.39 is 0 Å². The van der Waals surface area contributed by atoms with Crippen LogP contribution in [0.1, 0.15) is 26.2 Å². The minimum Gasteiger partial charge on any atom is -0.370 e. The average molecular weight is 313 g/mol. The highest BCUT2D eigenvalue weighted by molar-refractivity contribution is 5.54. The van der Waals surface area contributed by atoms with Crippen LogP contribution in [0.15, 0.2) is 18.3 Å². The molecular formula is C16H23N7. The molecule has 2 fully saturated rings. The Kier molecular flexibility index (Phi) is 3.95. The van der Waals surface area contributed by atoms with E-state index in [-0.39, 0.29) is 0 Å². The monoisotopic (exact) mass is 313 g/mol. The normalized spacial score (nSPS) is 23.5. The molecule has 7 nitrogen and oxygen atoms in total. The van der Waals surface area contributed by atoms with Gasteiger partial charge in [-0.25, -0.2) is 0 Å². The maximum atomic E-state index is 4.47. The molecule has 2 aromatic rings. The fourth-order valence-electron chi connectivity index (χ4n) is 3.77. The Bertz CT molecular complexity index is 616. The van der Waals surface area contributed by atoms with Gasteiger partial charge in [0.1, 0.15) is 5.69 Å². The number of piperidine rings is 1. The van der Waals surface area contributed by atoms with Crippen molar-refractivity contribution in [2.75, 3.05) is 31.1 Å². The van der Waals surface area contributed by atoms with Gasteiger partial charge in [0.2, 0.25) is 5.82 Å². The Morgan fingerprint density at radius 1 is 1.13 bits per heavy atom. The molecule has 0 radical (unpaired) electrons. The quantitative estimate of drug-likeness (QED) is 0.927. The van der Waals surface area contributed by atoms with Gasteiger partial charge in [0.15, 0.2) is 0 Å². The predicted octanol–water partition coefficient (Wildman–Crippen LogP) is 1.57. The Morgan fingerprint density at radius 2 is 2.00 bits per heavy atom. The van der Waals surface area contributed by atoms with E-state index >= 15 is 0 Å². The summed E-state index contributed by atoms with van der Waals surface area (Å²) in [6.45, 7) is 7.15. The lowest BCUT2D eigenvalue weighted by Crippen LogP contribution is -2.44. The first kappa shape index (κ1) is 14.6. The third-order valence-corrected chi connectivity index (χ3v) is 5.12. The molecule has 7 heteroatoms. The summed E-state index contributed by atoms with van der Waals surface area (Å²) in [5, 5.41) is 13.9. The summed E-state index contributed by atoms with van der Waals surface area (Å²) in [7, 11) is 0. The lowest BCUT2D eigenvalue weighted by Gasteiger charge is -2.37. The van der Waals surface area contributed by atoms with Crippen molar-refractivity contribution in [2.24, 2.45) is 5.92 Å². The number of nitrogens with zero attached hydrogens (tertiary/aromatic N) is 6. The number of hydrogen-bond acceptors (Lipinski definition) is 6. The van der Waals surface area contributed by atoms with Crippen LogP contribution in [-0.4, -0.2) is 62.7 Å². The van der Waals surface area contributed by atoms with Crippen molar-refractivity contribution in [1.29, 1.82) is 0 Å². The Balaban J connectivity index is 1.37. The van der Waals surface area contributed by atoms with Crippen LogP contribution in [0.3, 0.4) is 0 Å². The minimum absolute atomic E-state index is 0.540. The van der Waals surface area contributed by atoms with Gasteiger partial charge in [0.25, 0.3) is 0 Å². The highest BCUT2D eigenvalue weighted by Crippen LogP contribution is 2.26. The molecule has 23 heavy (non-hydrogen) atoms. The predicted molar refractivity (Wildman–Crippen MR) is 88.0 cm³/mol. The second-order valence-corrected chi connectivity index (χ2v) is 6.74. The molecule has 0 spiro atoms. The second kappa shape index (κ2) is 6.23. The summed E-state index contributed by atoms with van der Waals surface area (Å²) in [5.74, 6) is 1.41. The van der Waals surface area contributed by atoms with Crippen molar-refractivity contribution in [2.45, 2.75) is 32.2 Å². The molecule has 0 bridgehead atoms. The van der Waals surface area contributed by atoms with Gasteiger partial charge in [0, 0.05) is 25.7 Å². The highest BCUT2D eigenvalue weighted by atomic mass is 15.5.